The standard InChI is InChI=1S/C6H6N2O4S3/c9-3(10)1-2(4(11)12)14-5-7-6(13)15-8-5/h2H,1H2,(H,9,10)(H,11,12)(H,7,8,13). The maximum atomic E-state index is 10.7. The van der Waals surface area contributed by atoms with E-state index in [1.165, 1.54) is 0 Å². The fourth-order valence-electron chi connectivity index (χ4n) is 0.716. The van der Waals surface area contributed by atoms with Crippen LogP contribution >= 0.6 is 35.9 Å². The normalized spacial score (nSPS) is 12.3. The molecule has 0 aliphatic heterocycles. The fourth-order valence-corrected chi connectivity index (χ4v) is 2.40. The number of hydrogen-bond donors (Lipinski definition) is 3. The molecule has 0 fully saturated rings. The molecule has 0 aliphatic carbocycles. The molecule has 0 spiro atoms. The van der Waals surface area contributed by atoms with Crippen molar-refractivity contribution < 1.29 is 19.8 Å². The number of aliphatic carboxylic acids is 2. The highest BCUT2D eigenvalue weighted by atomic mass is 32.2. The maximum Gasteiger partial charge on any atom is 0.317 e. The fraction of sp³-hybridized carbons (Fsp3) is 0.333. The van der Waals surface area contributed by atoms with Gasteiger partial charge in [-0.15, -0.1) is 12.6 Å². The summed E-state index contributed by atoms with van der Waals surface area (Å²) < 4.78 is 4.22. The minimum absolute atomic E-state index is 0.235. The lowest BCUT2D eigenvalue weighted by Crippen LogP contribution is -2.20. The molecule has 0 aromatic carbocycles. The van der Waals surface area contributed by atoms with Crippen molar-refractivity contribution in [2.75, 3.05) is 0 Å². The van der Waals surface area contributed by atoms with Gasteiger partial charge in [0, 0.05) is 0 Å². The van der Waals surface area contributed by atoms with Gasteiger partial charge in [0.2, 0.25) is 5.16 Å². The molecule has 0 radical (unpaired) electrons. The minimum atomic E-state index is -1.20. The summed E-state index contributed by atoms with van der Waals surface area (Å²) in [5, 5.41) is 16.4. The number of aromatic nitrogens is 2. The van der Waals surface area contributed by atoms with Crippen molar-refractivity contribution >= 4 is 47.9 Å². The Morgan fingerprint density at radius 1 is 1.53 bits per heavy atom. The second kappa shape index (κ2) is 5.33. The van der Waals surface area contributed by atoms with Crippen molar-refractivity contribution in [2.24, 2.45) is 0 Å². The van der Waals surface area contributed by atoms with Gasteiger partial charge in [0.15, 0.2) is 4.34 Å². The smallest absolute Gasteiger partial charge is 0.317 e. The first kappa shape index (κ1) is 12.3. The maximum absolute atomic E-state index is 10.7. The molecule has 15 heavy (non-hydrogen) atoms. The van der Waals surface area contributed by atoms with Crippen LogP contribution in [0.15, 0.2) is 9.50 Å². The van der Waals surface area contributed by atoms with E-state index in [0.717, 1.165) is 23.3 Å². The van der Waals surface area contributed by atoms with Gasteiger partial charge in [0.05, 0.1) is 6.42 Å². The Bertz CT molecular complexity index is 380. The van der Waals surface area contributed by atoms with Crippen molar-refractivity contribution in [1.29, 1.82) is 0 Å². The first-order valence-corrected chi connectivity index (χ1v) is 5.73. The van der Waals surface area contributed by atoms with Gasteiger partial charge in [0.1, 0.15) is 5.25 Å². The zero-order chi connectivity index (χ0) is 11.4. The van der Waals surface area contributed by atoms with E-state index in [2.05, 4.69) is 22.0 Å². The Hall–Kier alpha value is -0.800. The zero-order valence-corrected chi connectivity index (χ0v) is 9.68. The quantitative estimate of drug-likeness (QED) is 0.536. The first-order valence-electron chi connectivity index (χ1n) is 3.63. The third kappa shape index (κ3) is 4.06. The predicted molar refractivity (Wildman–Crippen MR) is 56.7 cm³/mol. The van der Waals surface area contributed by atoms with Crippen LogP contribution in [0.4, 0.5) is 0 Å². The van der Waals surface area contributed by atoms with Crippen LogP contribution in [0, 0.1) is 0 Å². The summed E-state index contributed by atoms with van der Waals surface area (Å²) >= 11 is 5.74. The van der Waals surface area contributed by atoms with Crippen LogP contribution in [0.3, 0.4) is 0 Å². The molecule has 2 N–H and O–H groups in total. The predicted octanol–water partition coefficient (Wildman–Crippen LogP) is 0.847. The molecule has 0 amide bonds. The number of carbonyl (C=O) groups is 2. The largest absolute Gasteiger partial charge is 0.481 e. The number of carboxylic acid groups (broad SMARTS) is 2. The number of rotatable bonds is 5. The number of nitrogens with zero attached hydrogens (tertiary/aromatic N) is 2. The lowest BCUT2D eigenvalue weighted by Gasteiger charge is -2.05. The lowest BCUT2D eigenvalue weighted by atomic mass is 10.3. The Morgan fingerprint density at radius 3 is 2.60 bits per heavy atom. The molecule has 1 rings (SSSR count). The highest BCUT2D eigenvalue weighted by molar-refractivity contribution is 8.00. The second-order valence-electron chi connectivity index (χ2n) is 2.40. The molecule has 1 aromatic rings. The Balaban J connectivity index is 2.66. The van der Waals surface area contributed by atoms with E-state index in [9.17, 15) is 9.59 Å². The molecule has 9 heteroatoms. The van der Waals surface area contributed by atoms with Crippen molar-refractivity contribution in [3.63, 3.8) is 0 Å². The molecule has 0 aliphatic rings. The summed E-state index contributed by atoms with van der Waals surface area (Å²) in [6.07, 6.45) is -0.471. The van der Waals surface area contributed by atoms with Gasteiger partial charge in [-0.25, -0.2) is 4.98 Å². The number of thioether (sulfide) groups is 1. The molecular formula is C6H6N2O4S3. The number of thiol groups is 1. The average molecular weight is 266 g/mol. The molecule has 1 heterocycles. The molecule has 6 nitrogen and oxygen atoms in total. The topological polar surface area (TPSA) is 100 Å². The van der Waals surface area contributed by atoms with Crippen LogP contribution in [0.5, 0.6) is 0 Å². The third-order valence-electron chi connectivity index (χ3n) is 1.28. The Morgan fingerprint density at radius 2 is 2.20 bits per heavy atom. The highest BCUT2D eigenvalue weighted by Crippen LogP contribution is 2.25. The molecule has 0 saturated carbocycles. The van der Waals surface area contributed by atoms with Crippen molar-refractivity contribution in [3.8, 4) is 0 Å². The average Bonchev–Trinajstić information content (AvgIpc) is 2.49. The summed E-state index contributed by atoms with van der Waals surface area (Å²) in [7, 11) is 0. The van der Waals surface area contributed by atoms with E-state index in [1.807, 2.05) is 0 Å². The molecule has 1 atom stereocenters. The van der Waals surface area contributed by atoms with E-state index in [-0.39, 0.29) is 5.16 Å². The van der Waals surface area contributed by atoms with Gasteiger partial charge in [0.25, 0.3) is 0 Å². The van der Waals surface area contributed by atoms with Crippen LogP contribution < -0.4 is 0 Å². The van der Waals surface area contributed by atoms with Crippen LogP contribution in [0.25, 0.3) is 0 Å². The third-order valence-corrected chi connectivity index (χ3v) is 3.31. The van der Waals surface area contributed by atoms with Gasteiger partial charge in [-0.2, -0.15) is 4.37 Å². The molecule has 1 unspecified atom stereocenters. The van der Waals surface area contributed by atoms with Crippen LogP contribution in [-0.4, -0.2) is 36.8 Å². The number of carboxylic acids is 2. The zero-order valence-electron chi connectivity index (χ0n) is 7.15. The highest BCUT2D eigenvalue weighted by Gasteiger charge is 2.24. The van der Waals surface area contributed by atoms with Gasteiger partial charge < -0.3 is 10.2 Å². The minimum Gasteiger partial charge on any atom is -0.481 e. The van der Waals surface area contributed by atoms with Gasteiger partial charge in [-0.05, 0) is 11.5 Å². The molecule has 1 aromatic heterocycles. The van der Waals surface area contributed by atoms with Crippen molar-refractivity contribution in [3.05, 3.63) is 0 Å². The summed E-state index contributed by atoms with van der Waals surface area (Å²) in [4.78, 5) is 24.9. The van der Waals surface area contributed by atoms with Gasteiger partial charge in [-0.1, -0.05) is 11.8 Å². The van der Waals surface area contributed by atoms with E-state index in [4.69, 9.17) is 10.2 Å². The number of hydrogen-bond acceptors (Lipinski definition) is 7. The summed E-state index contributed by atoms with van der Waals surface area (Å²) in [5.74, 6) is -2.37. The van der Waals surface area contributed by atoms with Gasteiger partial charge >= 0.3 is 11.9 Å². The summed E-state index contributed by atoms with van der Waals surface area (Å²) in [6.45, 7) is 0. The van der Waals surface area contributed by atoms with E-state index in [1.54, 1.807) is 0 Å². The molecule has 0 bridgehead atoms. The Kier molecular flexibility index (Phi) is 4.36. The van der Waals surface area contributed by atoms with E-state index < -0.39 is 23.6 Å². The summed E-state index contributed by atoms with van der Waals surface area (Å²) in [5.41, 5.74) is 0. The first-order chi connectivity index (χ1) is 6.99. The lowest BCUT2D eigenvalue weighted by molar-refractivity contribution is -0.142. The van der Waals surface area contributed by atoms with Crippen molar-refractivity contribution in [1.82, 2.24) is 9.36 Å². The van der Waals surface area contributed by atoms with Crippen LogP contribution in [0.1, 0.15) is 6.42 Å². The Labute approximate surface area is 98.3 Å². The second-order valence-corrected chi connectivity index (χ2v) is 5.05. The van der Waals surface area contributed by atoms with E-state index in [0.29, 0.717) is 4.34 Å². The van der Waals surface area contributed by atoms with Crippen LogP contribution in [-0.2, 0) is 9.59 Å². The van der Waals surface area contributed by atoms with E-state index >= 15 is 0 Å². The van der Waals surface area contributed by atoms with Gasteiger partial charge in [-0.3, -0.25) is 9.59 Å². The summed E-state index contributed by atoms with van der Waals surface area (Å²) in [6, 6.07) is 0. The molecular weight excluding hydrogens is 260 g/mol. The van der Waals surface area contributed by atoms with Crippen molar-refractivity contribution in [2.45, 2.75) is 21.2 Å². The molecule has 82 valence electrons. The van der Waals surface area contributed by atoms with Crippen LogP contribution in [0.2, 0.25) is 0 Å². The molecule has 0 saturated heterocycles. The monoisotopic (exact) mass is 266 g/mol. The SMILES string of the molecule is O=C(O)CC(Sc1nsc(S)n1)C(=O)O.